The van der Waals surface area contributed by atoms with Gasteiger partial charge in [0.1, 0.15) is 0 Å². The van der Waals surface area contributed by atoms with Gasteiger partial charge < -0.3 is 5.32 Å². The molecule has 1 fully saturated rings. The number of rotatable bonds is 7. The van der Waals surface area contributed by atoms with Crippen LogP contribution >= 0.6 is 11.3 Å². The Morgan fingerprint density at radius 3 is 3.00 bits per heavy atom. The number of carbonyl (C=O) groups is 1. The fourth-order valence-corrected chi connectivity index (χ4v) is 3.35. The maximum atomic E-state index is 11.5. The molecule has 106 valence electrons. The minimum Gasteiger partial charge on any atom is -0.308 e. The van der Waals surface area contributed by atoms with Crippen molar-refractivity contribution in [2.24, 2.45) is 5.92 Å². The van der Waals surface area contributed by atoms with Crippen LogP contribution in [0.15, 0.2) is 5.38 Å². The lowest BCUT2D eigenvalue weighted by atomic mass is 10.2. The largest absolute Gasteiger partial charge is 0.308 e. The quantitative estimate of drug-likeness (QED) is 0.836. The highest BCUT2D eigenvalue weighted by Gasteiger charge is 2.35. The first-order valence-corrected chi connectivity index (χ1v) is 7.99. The summed E-state index contributed by atoms with van der Waals surface area (Å²) >= 11 is 1.55. The van der Waals surface area contributed by atoms with E-state index in [9.17, 15) is 4.79 Å². The SMILES string of the molecule is CCCC1CC1NCc1csc(N(CC)C(C)=O)n1. The Kier molecular flexibility index (Phi) is 4.93. The predicted molar refractivity (Wildman–Crippen MR) is 79.5 cm³/mol. The van der Waals surface area contributed by atoms with Crippen LogP contribution in [0.5, 0.6) is 0 Å². The Morgan fingerprint density at radius 1 is 1.58 bits per heavy atom. The van der Waals surface area contributed by atoms with E-state index in [0.29, 0.717) is 12.6 Å². The van der Waals surface area contributed by atoms with Crippen LogP contribution in [0.25, 0.3) is 0 Å². The van der Waals surface area contributed by atoms with Gasteiger partial charge in [0.2, 0.25) is 5.91 Å². The normalized spacial score (nSPS) is 21.4. The molecule has 2 rings (SSSR count). The minimum absolute atomic E-state index is 0.0570. The van der Waals surface area contributed by atoms with E-state index < -0.39 is 0 Å². The average Bonchev–Trinajstić information content (AvgIpc) is 2.94. The van der Waals surface area contributed by atoms with Gasteiger partial charge in [-0.1, -0.05) is 13.3 Å². The van der Waals surface area contributed by atoms with E-state index in [1.165, 1.54) is 19.3 Å². The molecule has 1 aliphatic rings. The van der Waals surface area contributed by atoms with Gasteiger partial charge in [-0.25, -0.2) is 4.98 Å². The molecule has 0 radical (unpaired) electrons. The van der Waals surface area contributed by atoms with Gasteiger partial charge in [-0.15, -0.1) is 11.3 Å². The van der Waals surface area contributed by atoms with Crippen molar-refractivity contribution >= 4 is 22.4 Å². The lowest BCUT2D eigenvalue weighted by molar-refractivity contribution is -0.116. The summed E-state index contributed by atoms with van der Waals surface area (Å²) in [6.45, 7) is 7.29. The summed E-state index contributed by atoms with van der Waals surface area (Å²) in [4.78, 5) is 17.7. The topological polar surface area (TPSA) is 45.2 Å². The van der Waals surface area contributed by atoms with E-state index in [4.69, 9.17) is 0 Å². The van der Waals surface area contributed by atoms with Gasteiger partial charge in [0.25, 0.3) is 0 Å². The van der Waals surface area contributed by atoms with Crippen molar-refractivity contribution in [2.75, 3.05) is 11.4 Å². The molecule has 1 heterocycles. The molecule has 0 aromatic carbocycles. The number of aromatic nitrogens is 1. The van der Waals surface area contributed by atoms with Crippen LogP contribution in [0.2, 0.25) is 0 Å². The molecule has 5 heteroatoms. The molecule has 1 aromatic rings. The van der Waals surface area contributed by atoms with E-state index in [1.807, 2.05) is 12.3 Å². The van der Waals surface area contributed by atoms with Gasteiger partial charge in [-0.3, -0.25) is 9.69 Å². The predicted octanol–water partition coefficient (Wildman–Crippen LogP) is 2.79. The fourth-order valence-electron chi connectivity index (χ4n) is 2.42. The van der Waals surface area contributed by atoms with Crippen molar-refractivity contribution in [3.8, 4) is 0 Å². The summed E-state index contributed by atoms with van der Waals surface area (Å²) in [5, 5.41) is 6.41. The Hall–Kier alpha value is -0.940. The van der Waals surface area contributed by atoms with Crippen molar-refractivity contribution in [2.45, 2.75) is 52.6 Å². The Bertz CT molecular complexity index is 432. The zero-order chi connectivity index (χ0) is 13.8. The molecular formula is C14H23N3OS. The van der Waals surface area contributed by atoms with Crippen LogP contribution in [0, 0.1) is 5.92 Å². The first-order chi connectivity index (χ1) is 9.15. The second-order valence-corrected chi connectivity index (χ2v) is 5.99. The molecule has 2 atom stereocenters. The monoisotopic (exact) mass is 281 g/mol. The van der Waals surface area contributed by atoms with E-state index in [0.717, 1.165) is 23.3 Å². The lowest BCUT2D eigenvalue weighted by Gasteiger charge is -2.14. The van der Waals surface area contributed by atoms with Crippen molar-refractivity contribution < 1.29 is 4.79 Å². The van der Waals surface area contributed by atoms with Crippen LogP contribution in [0.4, 0.5) is 5.13 Å². The van der Waals surface area contributed by atoms with E-state index in [1.54, 1.807) is 23.2 Å². The number of anilines is 1. The number of nitrogens with zero attached hydrogens (tertiary/aromatic N) is 2. The van der Waals surface area contributed by atoms with Crippen molar-refractivity contribution in [1.82, 2.24) is 10.3 Å². The van der Waals surface area contributed by atoms with Gasteiger partial charge in [0.15, 0.2) is 5.13 Å². The summed E-state index contributed by atoms with van der Waals surface area (Å²) in [6, 6.07) is 0.681. The molecule has 1 N–H and O–H groups in total. The Morgan fingerprint density at radius 2 is 2.37 bits per heavy atom. The lowest BCUT2D eigenvalue weighted by Crippen LogP contribution is -2.27. The highest BCUT2D eigenvalue weighted by atomic mass is 32.1. The number of carbonyl (C=O) groups excluding carboxylic acids is 1. The molecule has 1 saturated carbocycles. The first kappa shape index (κ1) is 14.5. The highest BCUT2D eigenvalue weighted by molar-refractivity contribution is 7.14. The van der Waals surface area contributed by atoms with E-state index in [2.05, 4.69) is 17.2 Å². The Labute approximate surface area is 119 Å². The van der Waals surface area contributed by atoms with Crippen LogP contribution in [-0.4, -0.2) is 23.5 Å². The molecule has 1 amide bonds. The van der Waals surface area contributed by atoms with Crippen molar-refractivity contribution in [3.63, 3.8) is 0 Å². The Balaban J connectivity index is 1.83. The summed E-state index contributed by atoms with van der Waals surface area (Å²) in [5.74, 6) is 0.925. The van der Waals surface area contributed by atoms with Crippen LogP contribution < -0.4 is 10.2 Å². The van der Waals surface area contributed by atoms with Crippen LogP contribution in [0.3, 0.4) is 0 Å². The molecule has 19 heavy (non-hydrogen) atoms. The first-order valence-electron chi connectivity index (χ1n) is 7.11. The zero-order valence-electron chi connectivity index (χ0n) is 12.0. The maximum Gasteiger partial charge on any atom is 0.225 e. The fraction of sp³-hybridized carbons (Fsp3) is 0.714. The van der Waals surface area contributed by atoms with Crippen LogP contribution in [-0.2, 0) is 11.3 Å². The standard InChI is InChI=1S/C14H23N3OS/c1-4-6-11-7-13(11)15-8-12-9-19-14(16-12)17(5-2)10(3)18/h9,11,13,15H,4-8H2,1-3H3. The molecular weight excluding hydrogens is 258 g/mol. The second kappa shape index (κ2) is 6.48. The van der Waals surface area contributed by atoms with Gasteiger partial charge in [-0.05, 0) is 25.7 Å². The number of hydrogen-bond donors (Lipinski definition) is 1. The molecule has 0 aliphatic heterocycles. The average molecular weight is 281 g/mol. The molecule has 0 spiro atoms. The molecule has 2 unspecified atom stereocenters. The van der Waals surface area contributed by atoms with Crippen LogP contribution in [0.1, 0.15) is 45.7 Å². The number of nitrogens with one attached hydrogen (secondary N) is 1. The van der Waals surface area contributed by atoms with Gasteiger partial charge in [0, 0.05) is 31.4 Å². The van der Waals surface area contributed by atoms with E-state index >= 15 is 0 Å². The van der Waals surface area contributed by atoms with E-state index in [-0.39, 0.29) is 5.91 Å². The summed E-state index contributed by atoms with van der Waals surface area (Å²) < 4.78 is 0. The van der Waals surface area contributed by atoms with Gasteiger partial charge in [-0.2, -0.15) is 0 Å². The maximum absolute atomic E-state index is 11.5. The molecule has 1 aromatic heterocycles. The minimum atomic E-state index is 0.0570. The third-order valence-corrected chi connectivity index (χ3v) is 4.51. The molecule has 0 saturated heterocycles. The molecule has 1 aliphatic carbocycles. The summed E-state index contributed by atoms with van der Waals surface area (Å²) in [7, 11) is 0. The van der Waals surface area contributed by atoms with Gasteiger partial charge >= 0.3 is 0 Å². The summed E-state index contributed by atoms with van der Waals surface area (Å²) in [6.07, 6.45) is 3.90. The van der Waals surface area contributed by atoms with Crippen molar-refractivity contribution in [3.05, 3.63) is 11.1 Å². The number of thiazole rings is 1. The third-order valence-electron chi connectivity index (χ3n) is 3.59. The number of amides is 1. The van der Waals surface area contributed by atoms with Gasteiger partial charge in [0.05, 0.1) is 5.69 Å². The third kappa shape index (κ3) is 3.76. The highest BCUT2D eigenvalue weighted by Crippen LogP contribution is 2.34. The second-order valence-electron chi connectivity index (χ2n) is 5.16. The zero-order valence-corrected chi connectivity index (χ0v) is 12.8. The molecule has 0 bridgehead atoms. The number of hydrogen-bond acceptors (Lipinski definition) is 4. The summed E-state index contributed by atoms with van der Waals surface area (Å²) in [5.41, 5.74) is 1.04. The smallest absolute Gasteiger partial charge is 0.225 e. The molecule has 4 nitrogen and oxygen atoms in total. The van der Waals surface area contributed by atoms with Crippen molar-refractivity contribution in [1.29, 1.82) is 0 Å².